The number of benzene rings is 8. The van der Waals surface area contributed by atoms with E-state index < -0.39 is 5.41 Å². The Bertz CT molecular complexity index is 2880. The number of hydrogen-bond donors (Lipinski definition) is 1. The van der Waals surface area contributed by atoms with Crippen LogP contribution in [0.2, 0.25) is 0 Å². The molecule has 1 aromatic heterocycles. The van der Waals surface area contributed by atoms with Crippen LogP contribution in [0.25, 0.3) is 61.5 Å². The number of nitrogens with two attached hydrogens (primary N) is 1. The Labute approximate surface area is 318 Å². The van der Waals surface area contributed by atoms with Crippen LogP contribution < -0.4 is 5.73 Å². The molecule has 9 aromatic rings. The van der Waals surface area contributed by atoms with Crippen molar-refractivity contribution in [1.29, 1.82) is 0 Å². The van der Waals surface area contributed by atoms with Crippen LogP contribution in [-0.2, 0) is 5.41 Å². The van der Waals surface area contributed by atoms with Crippen molar-refractivity contribution < 1.29 is 0 Å². The molecule has 0 saturated carbocycles. The molecule has 254 valence electrons. The lowest BCUT2D eigenvalue weighted by molar-refractivity contribution is 0.723. The SMILES string of the molecule is Nc1cccc2c1-c1ccc(-c3ccc(-c4nc5ccccc5n4-c4cccc(-c5ccccc5)c4)cc3)cc1C21c2ccccc2Sc2ccccc21. The Morgan fingerprint density at radius 2 is 1.06 bits per heavy atom. The first-order valence-electron chi connectivity index (χ1n) is 18.3. The number of para-hydroxylation sites is 2. The maximum atomic E-state index is 6.84. The maximum absolute atomic E-state index is 6.84. The number of anilines is 1. The van der Waals surface area contributed by atoms with E-state index in [1.165, 1.54) is 54.3 Å². The van der Waals surface area contributed by atoms with Gasteiger partial charge in [0.2, 0.25) is 0 Å². The summed E-state index contributed by atoms with van der Waals surface area (Å²) in [4.78, 5) is 7.76. The monoisotopic (exact) mass is 707 g/mol. The van der Waals surface area contributed by atoms with Crippen LogP contribution >= 0.6 is 11.8 Å². The summed E-state index contributed by atoms with van der Waals surface area (Å²) in [5.74, 6) is 0.916. The van der Waals surface area contributed by atoms with Gasteiger partial charge in [-0.2, -0.15) is 0 Å². The smallest absolute Gasteiger partial charge is 0.145 e. The topological polar surface area (TPSA) is 43.8 Å². The first kappa shape index (κ1) is 31.0. The second kappa shape index (κ2) is 12.0. The highest BCUT2D eigenvalue weighted by Gasteiger charge is 2.50. The van der Waals surface area contributed by atoms with E-state index in [-0.39, 0.29) is 0 Å². The van der Waals surface area contributed by atoms with E-state index in [1.807, 2.05) is 17.8 Å². The Morgan fingerprint density at radius 3 is 1.85 bits per heavy atom. The molecule has 0 saturated heterocycles. The van der Waals surface area contributed by atoms with Crippen molar-refractivity contribution in [2.24, 2.45) is 0 Å². The van der Waals surface area contributed by atoms with Gasteiger partial charge < -0.3 is 5.73 Å². The third kappa shape index (κ3) is 4.47. The third-order valence-electron chi connectivity index (χ3n) is 11.2. The first-order chi connectivity index (χ1) is 26.7. The van der Waals surface area contributed by atoms with Crippen molar-refractivity contribution in [3.8, 4) is 50.5 Å². The van der Waals surface area contributed by atoms with Crippen LogP contribution in [-0.4, -0.2) is 9.55 Å². The molecular formula is C50H33N3S. The fourth-order valence-electron chi connectivity index (χ4n) is 8.90. The van der Waals surface area contributed by atoms with Gasteiger partial charge in [0, 0.05) is 32.3 Å². The van der Waals surface area contributed by atoms with Crippen molar-refractivity contribution in [2.45, 2.75) is 15.2 Å². The number of aromatic nitrogens is 2. The fourth-order valence-corrected chi connectivity index (χ4v) is 10.1. The molecule has 2 heterocycles. The van der Waals surface area contributed by atoms with Gasteiger partial charge in [0.05, 0.1) is 16.4 Å². The highest BCUT2D eigenvalue weighted by atomic mass is 32.2. The van der Waals surface area contributed by atoms with Crippen molar-refractivity contribution in [3.63, 3.8) is 0 Å². The molecule has 1 aliphatic heterocycles. The highest BCUT2D eigenvalue weighted by Crippen LogP contribution is 2.63. The first-order valence-corrected chi connectivity index (χ1v) is 19.1. The summed E-state index contributed by atoms with van der Waals surface area (Å²) in [5, 5.41) is 0. The molecule has 54 heavy (non-hydrogen) atoms. The van der Waals surface area contributed by atoms with Gasteiger partial charge in [-0.15, -0.1) is 0 Å². The van der Waals surface area contributed by atoms with E-state index in [0.29, 0.717) is 0 Å². The molecule has 11 rings (SSSR count). The summed E-state index contributed by atoms with van der Waals surface area (Å²) in [7, 11) is 0. The molecule has 0 unspecified atom stereocenters. The number of fused-ring (bicyclic) bond motifs is 10. The minimum atomic E-state index is -0.479. The summed E-state index contributed by atoms with van der Waals surface area (Å²) in [6, 6.07) is 67.7. The molecule has 2 aliphatic rings. The van der Waals surface area contributed by atoms with Gasteiger partial charge >= 0.3 is 0 Å². The minimum Gasteiger partial charge on any atom is -0.398 e. The lowest BCUT2D eigenvalue weighted by Gasteiger charge is -2.39. The molecule has 0 fully saturated rings. The Balaban J connectivity index is 1.06. The van der Waals surface area contributed by atoms with E-state index in [2.05, 4.69) is 187 Å². The summed E-state index contributed by atoms with van der Waals surface area (Å²) < 4.78 is 2.29. The molecule has 2 N–H and O–H groups in total. The van der Waals surface area contributed by atoms with Gasteiger partial charge in [0.1, 0.15) is 5.82 Å². The zero-order valence-corrected chi connectivity index (χ0v) is 30.1. The molecular weight excluding hydrogens is 675 g/mol. The predicted molar refractivity (Wildman–Crippen MR) is 223 cm³/mol. The fraction of sp³-hybridized carbons (Fsp3) is 0.0200. The molecule has 0 radical (unpaired) electrons. The third-order valence-corrected chi connectivity index (χ3v) is 12.4. The molecule has 0 amide bonds. The largest absolute Gasteiger partial charge is 0.398 e. The van der Waals surface area contributed by atoms with Crippen LogP contribution in [0.4, 0.5) is 5.69 Å². The molecule has 8 aromatic carbocycles. The second-order valence-corrected chi connectivity index (χ2v) is 15.2. The summed E-state index contributed by atoms with van der Waals surface area (Å²) >= 11 is 1.86. The van der Waals surface area contributed by atoms with E-state index in [9.17, 15) is 0 Å². The van der Waals surface area contributed by atoms with E-state index in [4.69, 9.17) is 10.7 Å². The summed E-state index contributed by atoms with van der Waals surface area (Å²) in [6.07, 6.45) is 0. The summed E-state index contributed by atoms with van der Waals surface area (Å²) in [5.41, 5.74) is 23.5. The molecule has 0 atom stereocenters. The molecule has 1 aliphatic carbocycles. The Morgan fingerprint density at radius 1 is 0.463 bits per heavy atom. The van der Waals surface area contributed by atoms with Crippen LogP contribution in [0.15, 0.2) is 198 Å². The zero-order chi connectivity index (χ0) is 35.8. The molecule has 4 heteroatoms. The van der Waals surface area contributed by atoms with Gasteiger partial charge in [0.15, 0.2) is 0 Å². The van der Waals surface area contributed by atoms with Gasteiger partial charge in [0.25, 0.3) is 0 Å². The number of imidazole rings is 1. The molecule has 1 spiro atoms. The van der Waals surface area contributed by atoms with Gasteiger partial charge in [-0.1, -0.05) is 151 Å². The lowest BCUT2D eigenvalue weighted by atomic mass is 9.67. The van der Waals surface area contributed by atoms with Crippen LogP contribution in [0.1, 0.15) is 22.3 Å². The number of rotatable bonds is 4. The highest BCUT2D eigenvalue weighted by molar-refractivity contribution is 7.99. The minimum absolute atomic E-state index is 0.479. The van der Waals surface area contributed by atoms with Crippen LogP contribution in [0.3, 0.4) is 0 Å². The average molecular weight is 708 g/mol. The van der Waals surface area contributed by atoms with Crippen molar-refractivity contribution in [2.75, 3.05) is 5.73 Å². The summed E-state index contributed by atoms with van der Waals surface area (Å²) in [6.45, 7) is 0. The van der Waals surface area contributed by atoms with Crippen molar-refractivity contribution >= 4 is 28.5 Å². The van der Waals surface area contributed by atoms with Crippen molar-refractivity contribution in [3.05, 3.63) is 210 Å². The lowest BCUT2D eigenvalue weighted by Crippen LogP contribution is -2.32. The zero-order valence-electron chi connectivity index (χ0n) is 29.3. The quantitative estimate of drug-likeness (QED) is 0.185. The van der Waals surface area contributed by atoms with E-state index >= 15 is 0 Å². The Hall–Kier alpha value is -6.62. The maximum Gasteiger partial charge on any atom is 0.145 e. The van der Waals surface area contributed by atoms with Crippen molar-refractivity contribution in [1.82, 2.24) is 9.55 Å². The standard InChI is InChI=1S/C50H33N3S/c51-43-19-11-18-41-48(43)38-29-28-36(31-42(38)50(41)39-16-4-8-22-46(39)54-47-23-9-5-17-40(47)50)33-24-26-34(27-25-33)49-52-44-20-6-7-21-45(44)53(49)37-15-10-14-35(30-37)32-12-2-1-3-13-32/h1-31H,51H2. The molecule has 3 nitrogen and oxygen atoms in total. The Kier molecular flexibility index (Phi) is 6.85. The van der Waals surface area contributed by atoms with E-state index in [0.717, 1.165) is 44.9 Å². The van der Waals surface area contributed by atoms with E-state index in [1.54, 1.807) is 0 Å². The number of hydrogen-bond acceptors (Lipinski definition) is 3. The van der Waals surface area contributed by atoms with Crippen LogP contribution in [0.5, 0.6) is 0 Å². The number of nitrogen functional groups attached to an aromatic ring is 1. The number of nitrogens with zero attached hydrogens (tertiary/aromatic N) is 2. The average Bonchev–Trinajstić information content (AvgIpc) is 3.76. The van der Waals surface area contributed by atoms with Gasteiger partial charge in [-0.25, -0.2) is 4.98 Å². The second-order valence-electron chi connectivity index (χ2n) is 14.1. The van der Waals surface area contributed by atoms with Gasteiger partial charge in [-0.05, 0) is 98.6 Å². The molecule has 0 bridgehead atoms. The van der Waals surface area contributed by atoms with Crippen LogP contribution in [0, 0.1) is 0 Å². The van der Waals surface area contributed by atoms with Gasteiger partial charge in [-0.3, -0.25) is 4.57 Å². The normalized spacial score (nSPS) is 13.3. The predicted octanol–water partition coefficient (Wildman–Crippen LogP) is 12.4.